The molecule has 1 fully saturated rings. The molecule has 2 N–H and O–H groups in total. The third-order valence-electron chi connectivity index (χ3n) is 4.71. The number of hydrogen-bond acceptors (Lipinski definition) is 4. The Kier molecular flexibility index (Phi) is 3.97. The van der Waals surface area contributed by atoms with E-state index in [4.69, 9.17) is 5.73 Å². The van der Waals surface area contributed by atoms with Crippen LogP contribution >= 0.6 is 0 Å². The zero-order valence-corrected chi connectivity index (χ0v) is 12.9. The van der Waals surface area contributed by atoms with Gasteiger partial charge in [0.05, 0.1) is 11.2 Å². The Morgan fingerprint density at radius 3 is 2.76 bits per heavy atom. The molecule has 0 aliphatic carbocycles. The molecule has 21 heavy (non-hydrogen) atoms. The second kappa shape index (κ2) is 5.90. The van der Waals surface area contributed by atoms with E-state index < -0.39 is 0 Å². The molecule has 4 heteroatoms. The molecule has 1 saturated heterocycles. The van der Waals surface area contributed by atoms with Crippen LogP contribution in [0.3, 0.4) is 0 Å². The first kappa shape index (κ1) is 14.1. The van der Waals surface area contributed by atoms with E-state index >= 15 is 0 Å². The molecular weight excluding hydrogens is 260 g/mol. The Morgan fingerprint density at radius 1 is 1.29 bits per heavy atom. The number of aromatic nitrogens is 1. The van der Waals surface area contributed by atoms with Crippen LogP contribution in [0.25, 0.3) is 10.9 Å². The minimum absolute atomic E-state index is 0.597. The van der Waals surface area contributed by atoms with Crippen molar-refractivity contribution in [2.75, 3.05) is 37.3 Å². The SMILES string of the molecule is CCN1CCC(N(C)c2ccnc3c(N)cccc23)CC1. The van der Waals surface area contributed by atoms with Crippen LogP contribution in [0.15, 0.2) is 30.5 Å². The Hall–Kier alpha value is -1.81. The number of pyridine rings is 1. The van der Waals surface area contributed by atoms with Crippen molar-refractivity contribution in [3.05, 3.63) is 30.5 Å². The average Bonchev–Trinajstić information content (AvgIpc) is 2.54. The van der Waals surface area contributed by atoms with Gasteiger partial charge in [0.2, 0.25) is 0 Å². The molecule has 1 aromatic carbocycles. The Morgan fingerprint density at radius 2 is 2.05 bits per heavy atom. The quantitative estimate of drug-likeness (QED) is 0.880. The zero-order chi connectivity index (χ0) is 14.8. The van der Waals surface area contributed by atoms with Crippen LogP contribution in [-0.4, -0.2) is 42.6 Å². The molecule has 0 amide bonds. The van der Waals surface area contributed by atoms with E-state index in [-0.39, 0.29) is 0 Å². The summed E-state index contributed by atoms with van der Waals surface area (Å²) in [6.45, 7) is 5.78. The summed E-state index contributed by atoms with van der Waals surface area (Å²) in [6, 6.07) is 8.74. The molecule has 0 bridgehead atoms. The fourth-order valence-corrected chi connectivity index (χ4v) is 3.31. The maximum Gasteiger partial charge on any atom is 0.0951 e. The summed E-state index contributed by atoms with van der Waals surface area (Å²) in [5, 5.41) is 1.15. The molecule has 0 unspecified atom stereocenters. The van der Waals surface area contributed by atoms with Crippen LogP contribution in [0.1, 0.15) is 19.8 Å². The van der Waals surface area contributed by atoms with Gasteiger partial charge in [0, 0.05) is 43.4 Å². The summed E-state index contributed by atoms with van der Waals surface area (Å²) in [5.74, 6) is 0. The zero-order valence-electron chi connectivity index (χ0n) is 12.9. The van der Waals surface area contributed by atoms with Crippen LogP contribution < -0.4 is 10.6 Å². The molecule has 2 heterocycles. The molecule has 4 nitrogen and oxygen atoms in total. The number of nitrogens with zero attached hydrogens (tertiary/aromatic N) is 3. The highest BCUT2D eigenvalue weighted by Gasteiger charge is 2.23. The molecule has 1 aliphatic rings. The number of piperidine rings is 1. The molecule has 1 aromatic heterocycles. The lowest BCUT2D eigenvalue weighted by Crippen LogP contribution is -2.43. The number of rotatable bonds is 3. The van der Waals surface area contributed by atoms with Crippen molar-refractivity contribution < 1.29 is 0 Å². The predicted molar refractivity (Wildman–Crippen MR) is 89.7 cm³/mol. The van der Waals surface area contributed by atoms with Crippen molar-refractivity contribution in [1.29, 1.82) is 0 Å². The smallest absolute Gasteiger partial charge is 0.0951 e. The Bertz CT molecular complexity index is 617. The van der Waals surface area contributed by atoms with E-state index in [1.165, 1.54) is 31.6 Å². The topological polar surface area (TPSA) is 45.4 Å². The molecule has 0 spiro atoms. The number of benzene rings is 1. The molecule has 0 saturated carbocycles. The summed E-state index contributed by atoms with van der Waals surface area (Å²) >= 11 is 0. The standard InChI is InChI=1S/C17H24N4/c1-3-21-11-8-13(9-12-21)20(2)16-7-10-19-17-14(16)5-4-6-15(17)18/h4-7,10,13H,3,8-9,11-12,18H2,1-2H3. The number of nitrogens with two attached hydrogens (primary N) is 1. The molecule has 0 atom stereocenters. The van der Waals surface area contributed by atoms with E-state index in [2.05, 4.69) is 40.9 Å². The van der Waals surface area contributed by atoms with Crippen LogP contribution in [0.4, 0.5) is 11.4 Å². The molecule has 2 aromatic rings. The van der Waals surface area contributed by atoms with Gasteiger partial charge in [0.15, 0.2) is 0 Å². The first-order valence-electron chi connectivity index (χ1n) is 7.79. The minimum Gasteiger partial charge on any atom is -0.397 e. The van der Waals surface area contributed by atoms with Crippen molar-refractivity contribution in [3.63, 3.8) is 0 Å². The normalized spacial score (nSPS) is 17.2. The lowest BCUT2D eigenvalue weighted by Gasteiger charge is -2.37. The Balaban J connectivity index is 1.88. The average molecular weight is 284 g/mol. The Labute approximate surface area is 126 Å². The largest absolute Gasteiger partial charge is 0.397 e. The molecule has 1 aliphatic heterocycles. The maximum atomic E-state index is 6.05. The van der Waals surface area contributed by atoms with Crippen molar-refractivity contribution in [2.45, 2.75) is 25.8 Å². The van der Waals surface area contributed by atoms with Crippen LogP contribution in [0.5, 0.6) is 0 Å². The van der Waals surface area contributed by atoms with Gasteiger partial charge in [-0.15, -0.1) is 0 Å². The highest BCUT2D eigenvalue weighted by molar-refractivity contribution is 5.98. The van der Waals surface area contributed by atoms with E-state index in [1.807, 2.05) is 18.3 Å². The summed E-state index contributed by atoms with van der Waals surface area (Å²) in [4.78, 5) is 9.37. The third kappa shape index (κ3) is 2.68. The van der Waals surface area contributed by atoms with E-state index in [0.717, 1.165) is 23.1 Å². The number of hydrogen-bond donors (Lipinski definition) is 1. The second-order valence-electron chi connectivity index (χ2n) is 5.85. The summed E-state index contributed by atoms with van der Waals surface area (Å²) in [7, 11) is 2.20. The molecule has 3 rings (SSSR count). The first-order chi connectivity index (χ1) is 10.2. The second-order valence-corrected chi connectivity index (χ2v) is 5.85. The molecule has 112 valence electrons. The number of anilines is 2. The molecular formula is C17H24N4. The van der Waals surface area contributed by atoms with Crippen molar-refractivity contribution in [3.8, 4) is 0 Å². The monoisotopic (exact) mass is 284 g/mol. The van der Waals surface area contributed by atoms with Gasteiger partial charge < -0.3 is 15.5 Å². The number of nitrogen functional groups attached to an aromatic ring is 1. The van der Waals surface area contributed by atoms with Crippen molar-refractivity contribution in [1.82, 2.24) is 9.88 Å². The fourth-order valence-electron chi connectivity index (χ4n) is 3.31. The van der Waals surface area contributed by atoms with Crippen molar-refractivity contribution in [2.24, 2.45) is 0 Å². The van der Waals surface area contributed by atoms with Gasteiger partial charge in [-0.25, -0.2) is 0 Å². The van der Waals surface area contributed by atoms with Gasteiger partial charge in [-0.05, 0) is 31.5 Å². The van der Waals surface area contributed by atoms with Gasteiger partial charge in [-0.1, -0.05) is 19.1 Å². The maximum absolute atomic E-state index is 6.05. The summed E-state index contributed by atoms with van der Waals surface area (Å²) < 4.78 is 0. The van der Waals surface area contributed by atoms with E-state index in [0.29, 0.717) is 6.04 Å². The lowest BCUT2D eigenvalue weighted by atomic mass is 10.0. The summed E-state index contributed by atoms with van der Waals surface area (Å²) in [6.07, 6.45) is 4.30. The van der Waals surface area contributed by atoms with Gasteiger partial charge >= 0.3 is 0 Å². The number of likely N-dealkylation sites (tertiary alicyclic amines) is 1. The lowest BCUT2D eigenvalue weighted by molar-refractivity contribution is 0.221. The van der Waals surface area contributed by atoms with Gasteiger partial charge in [0.1, 0.15) is 0 Å². The van der Waals surface area contributed by atoms with Crippen molar-refractivity contribution >= 4 is 22.3 Å². The highest BCUT2D eigenvalue weighted by Crippen LogP contribution is 2.30. The highest BCUT2D eigenvalue weighted by atomic mass is 15.2. The van der Waals surface area contributed by atoms with Gasteiger partial charge in [-0.2, -0.15) is 0 Å². The summed E-state index contributed by atoms with van der Waals surface area (Å²) in [5.41, 5.74) is 8.95. The van der Waals surface area contributed by atoms with Crippen LogP contribution in [0, 0.1) is 0 Å². The van der Waals surface area contributed by atoms with E-state index in [9.17, 15) is 0 Å². The fraction of sp³-hybridized carbons (Fsp3) is 0.471. The first-order valence-corrected chi connectivity index (χ1v) is 7.79. The van der Waals surface area contributed by atoms with Gasteiger partial charge in [0.25, 0.3) is 0 Å². The molecule has 0 radical (unpaired) electrons. The minimum atomic E-state index is 0.597. The van der Waals surface area contributed by atoms with Crippen LogP contribution in [0.2, 0.25) is 0 Å². The number of para-hydroxylation sites is 1. The van der Waals surface area contributed by atoms with Gasteiger partial charge in [-0.3, -0.25) is 4.98 Å². The van der Waals surface area contributed by atoms with Crippen LogP contribution in [-0.2, 0) is 0 Å². The van der Waals surface area contributed by atoms with E-state index in [1.54, 1.807) is 0 Å². The number of fused-ring (bicyclic) bond motifs is 1. The third-order valence-corrected chi connectivity index (χ3v) is 4.71. The predicted octanol–water partition coefficient (Wildman–Crippen LogP) is 2.74.